The summed E-state index contributed by atoms with van der Waals surface area (Å²) in [4.78, 5) is 2.31. The predicted octanol–water partition coefficient (Wildman–Crippen LogP) is 3.43. The van der Waals surface area contributed by atoms with E-state index in [1.54, 1.807) is 0 Å². The van der Waals surface area contributed by atoms with E-state index in [1.165, 1.54) is 16.3 Å². The van der Waals surface area contributed by atoms with Crippen LogP contribution in [0, 0.1) is 5.92 Å². The molecule has 2 heteroatoms. The molecule has 0 aliphatic carbocycles. The minimum absolute atomic E-state index is 0.0772. The summed E-state index contributed by atoms with van der Waals surface area (Å²) in [6.45, 7) is 6.45. The Morgan fingerprint density at radius 2 is 1.68 bits per heavy atom. The van der Waals surface area contributed by atoms with Crippen LogP contribution in [0.1, 0.15) is 25.5 Å². The van der Waals surface area contributed by atoms with Gasteiger partial charge in [-0.25, -0.2) is 0 Å². The van der Waals surface area contributed by atoms with E-state index in [4.69, 9.17) is 5.73 Å². The molecule has 0 aromatic heterocycles. The van der Waals surface area contributed by atoms with Crippen LogP contribution in [0.4, 0.5) is 0 Å². The summed E-state index contributed by atoms with van der Waals surface area (Å²) in [7, 11) is 2.14. The van der Waals surface area contributed by atoms with Gasteiger partial charge in [-0.15, -0.1) is 0 Å². The molecule has 0 amide bonds. The van der Waals surface area contributed by atoms with Crippen LogP contribution in [-0.2, 0) is 0 Å². The number of hydrogen-bond acceptors (Lipinski definition) is 2. The molecule has 1 unspecified atom stereocenters. The van der Waals surface area contributed by atoms with Gasteiger partial charge < -0.3 is 10.6 Å². The third-order valence-corrected chi connectivity index (χ3v) is 3.39. The lowest BCUT2D eigenvalue weighted by molar-refractivity contribution is 0.279. The van der Waals surface area contributed by atoms with Crippen LogP contribution in [0.5, 0.6) is 0 Å². The van der Waals surface area contributed by atoms with Crippen molar-refractivity contribution >= 4 is 10.8 Å². The first-order chi connectivity index (χ1) is 9.06. The second-order valence-corrected chi connectivity index (χ2v) is 5.83. The van der Waals surface area contributed by atoms with Gasteiger partial charge in [-0.3, -0.25) is 0 Å². The quantitative estimate of drug-likeness (QED) is 0.888. The Bertz CT molecular complexity index is 534. The highest BCUT2D eigenvalue weighted by Crippen LogP contribution is 2.19. The van der Waals surface area contributed by atoms with Gasteiger partial charge in [-0.05, 0) is 35.4 Å². The van der Waals surface area contributed by atoms with E-state index in [1.807, 2.05) is 0 Å². The van der Waals surface area contributed by atoms with Gasteiger partial charge in [0, 0.05) is 19.1 Å². The van der Waals surface area contributed by atoms with E-state index in [0.29, 0.717) is 5.92 Å². The Hall–Kier alpha value is -1.38. The molecule has 2 nitrogen and oxygen atoms in total. The maximum absolute atomic E-state index is 6.32. The van der Waals surface area contributed by atoms with Crippen LogP contribution in [0.2, 0.25) is 0 Å². The van der Waals surface area contributed by atoms with Crippen LogP contribution in [-0.4, -0.2) is 25.0 Å². The summed E-state index contributed by atoms with van der Waals surface area (Å²) in [5, 5.41) is 2.54. The first-order valence-electron chi connectivity index (χ1n) is 6.99. The predicted molar refractivity (Wildman–Crippen MR) is 83.2 cm³/mol. The summed E-state index contributed by atoms with van der Waals surface area (Å²) in [6, 6.07) is 15.0. The first kappa shape index (κ1) is 14.0. The van der Waals surface area contributed by atoms with Gasteiger partial charge in [0.05, 0.1) is 0 Å². The molecule has 2 rings (SSSR count). The number of nitrogens with two attached hydrogens (primary N) is 1. The normalized spacial score (nSPS) is 13.4. The van der Waals surface area contributed by atoms with Crippen molar-refractivity contribution in [3.8, 4) is 0 Å². The summed E-state index contributed by atoms with van der Waals surface area (Å²) < 4.78 is 0. The zero-order valence-electron chi connectivity index (χ0n) is 12.1. The summed E-state index contributed by atoms with van der Waals surface area (Å²) in [6.07, 6.45) is 0. The standard InChI is InChI=1S/C17H24N2/c1-13(2)11-19(3)12-17(18)16-9-8-14-6-4-5-7-15(14)10-16/h4-10,13,17H,11-12,18H2,1-3H3. The van der Waals surface area contributed by atoms with Crippen molar-refractivity contribution in [3.63, 3.8) is 0 Å². The molecule has 0 spiro atoms. The van der Waals surface area contributed by atoms with Crippen molar-refractivity contribution in [2.45, 2.75) is 19.9 Å². The second-order valence-electron chi connectivity index (χ2n) is 5.83. The maximum atomic E-state index is 6.32. The molecule has 2 aromatic carbocycles. The molecular weight excluding hydrogens is 232 g/mol. The van der Waals surface area contributed by atoms with Crippen LogP contribution >= 0.6 is 0 Å². The van der Waals surface area contributed by atoms with E-state index in [2.05, 4.69) is 68.3 Å². The molecule has 2 N–H and O–H groups in total. The number of nitrogens with zero attached hydrogens (tertiary/aromatic N) is 1. The lowest BCUT2D eigenvalue weighted by Gasteiger charge is -2.23. The molecule has 0 saturated heterocycles. The number of benzene rings is 2. The fourth-order valence-corrected chi connectivity index (χ4v) is 2.58. The highest BCUT2D eigenvalue weighted by molar-refractivity contribution is 5.83. The van der Waals surface area contributed by atoms with Crippen molar-refractivity contribution < 1.29 is 0 Å². The van der Waals surface area contributed by atoms with Crippen LogP contribution < -0.4 is 5.73 Å². The number of rotatable bonds is 5. The Labute approximate surface area is 116 Å². The van der Waals surface area contributed by atoms with Gasteiger partial charge in [0.15, 0.2) is 0 Å². The summed E-state index contributed by atoms with van der Waals surface area (Å²) in [5.41, 5.74) is 7.54. The molecular formula is C17H24N2. The first-order valence-corrected chi connectivity index (χ1v) is 6.99. The highest BCUT2D eigenvalue weighted by Gasteiger charge is 2.10. The van der Waals surface area contributed by atoms with Gasteiger partial charge in [-0.2, -0.15) is 0 Å². The molecule has 1 atom stereocenters. The van der Waals surface area contributed by atoms with Gasteiger partial charge in [0.25, 0.3) is 0 Å². The molecule has 0 radical (unpaired) electrons. The molecule has 0 fully saturated rings. The Morgan fingerprint density at radius 3 is 2.37 bits per heavy atom. The lowest BCUT2D eigenvalue weighted by atomic mass is 10.0. The third-order valence-electron chi connectivity index (χ3n) is 3.39. The largest absolute Gasteiger partial charge is 0.323 e. The average molecular weight is 256 g/mol. The molecule has 19 heavy (non-hydrogen) atoms. The topological polar surface area (TPSA) is 29.3 Å². The highest BCUT2D eigenvalue weighted by atomic mass is 15.1. The second kappa shape index (κ2) is 6.18. The van der Waals surface area contributed by atoms with Crippen molar-refractivity contribution in [2.75, 3.05) is 20.1 Å². The molecule has 102 valence electrons. The van der Waals surface area contributed by atoms with Crippen LogP contribution in [0.15, 0.2) is 42.5 Å². The third kappa shape index (κ3) is 3.79. The van der Waals surface area contributed by atoms with Crippen LogP contribution in [0.25, 0.3) is 10.8 Å². The molecule has 0 bridgehead atoms. The maximum Gasteiger partial charge on any atom is 0.0424 e. The zero-order valence-corrected chi connectivity index (χ0v) is 12.1. The average Bonchev–Trinajstić information content (AvgIpc) is 2.37. The van der Waals surface area contributed by atoms with Crippen LogP contribution in [0.3, 0.4) is 0 Å². The fourth-order valence-electron chi connectivity index (χ4n) is 2.58. The van der Waals surface area contributed by atoms with Gasteiger partial charge >= 0.3 is 0 Å². The number of likely N-dealkylation sites (N-methyl/N-ethyl adjacent to an activating group) is 1. The molecule has 0 aliphatic heterocycles. The minimum Gasteiger partial charge on any atom is -0.323 e. The monoisotopic (exact) mass is 256 g/mol. The van der Waals surface area contributed by atoms with Gasteiger partial charge in [0.2, 0.25) is 0 Å². The zero-order chi connectivity index (χ0) is 13.8. The van der Waals surface area contributed by atoms with Crippen molar-refractivity contribution in [1.82, 2.24) is 4.90 Å². The van der Waals surface area contributed by atoms with Crippen molar-refractivity contribution in [1.29, 1.82) is 0 Å². The van der Waals surface area contributed by atoms with E-state index >= 15 is 0 Å². The van der Waals surface area contributed by atoms with E-state index in [0.717, 1.165) is 13.1 Å². The molecule has 0 aliphatic rings. The molecule has 2 aromatic rings. The van der Waals surface area contributed by atoms with E-state index in [9.17, 15) is 0 Å². The smallest absolute Gasteiger partial charge is 0.0424 e. The van der Waals surface area contributed by atoms with E-state index < -0.39 is 0 Å². The van der Waals surface area contributed by atoms with Crippen molar-refractivity contribution in [2.24, 2.45) is 11.7 Å². The van der Waals surface area contributed by atoms with Gasteiger partial charge in [-0.1, -0.05) is 50.2 Å². The van der Waals surface area contributed by atoms with E-state index in [-0.39, 0.29) is 6.04 Å². The molecule has 0 saturated carbocycles. The summed E-state index contributed by atoms with van der Waals surface area (Å²) >= 11 is 0. The number of fused-ring (bicyclic) bond motifs is 1. The fraction of sp³-hybridized carbons (Fsp3) is 0.412. The molecule has 0 heterocycles. The Kier molecular flexibility index (Phi) is 4.56. The lowest BCUT2D eigenvalue weighted by Crippen LogP contribution is -2.31. The minimum atomic E-state index is 0.0772. The summed E-state index contributed by atoms with van der Waals surface area (Å²) in [5.74, 6) is 0.675. The Balaban J connectivity index is 2.10. The Morgan fingerprint density at radius 1 is 1.00 bits per heavy atom. The van der Waals surface area contributed by atoms with Crippen molar-refractivity contribution in [3.05, 3.63) is 48.0 Å². The SMILES string of the molecule is CC(C)CN(C)CC(N)c1ccc2ccccc2c1. The number of hydrogen-bond donors (Lipinski definition) is 1. The van der Waals surface area contributed by atoms with Gasteiger partial charge in [0.1, 0.15) is 0 Å².